The highest BCUT2D eigenvalue weighted by Crippen LogP contribution is 2.05. The van der Waals surface area contributed by atoms with Crippen LogP contribution >= 0.6 is 0 Å². The molecule has 0 N–H and O–H groups in total. The van der Waals surface area contributed by atoms with E-state index in [-0.39, 0.29) is 6.42 Å². The second-order valence-corrected chi connectivity index (χ2v) is 3.38. The smallest absolute Gasteiger partial charge is 0.345 e. The molecule has 0 spiro atoms. The first-order valence-corrected chi connectivity index (χ1v) is 4.95. The van der Waals surface area contributed by atoms with E-state index in [2.05, 4.69) is 4.74 Å². The Labute approximate surface area is 89.1 Å². The van der Waals surface area contributed by atoms with Crippen molar-refractivity contribution in [3.63, 3.8) is 0 Å². The number of rotatable bonds is 3. The van der Waals surface area contributed by atoms with Crippen molar-refractivity contribution in [3.05, 3.63) is 35.4 Å². The Morgan fingerprint density at radius 2 is 1.80 bits per heavy atom. The molecule has 3 heteroatoms. The molecule has 0 aliphatic heterocycles. The Balaban J connectivity index is 2.61. The number of benzene rings is 1. The zero-order chi connectivity index (χ0) is 11.3. The summed E-state index contributed by atoms with van der Waals surface area (Å²) >= 11 is 0. The van der Waals surface area contributed by atoms with E-state index in [0.717, 1.165) is 5.56 Å². The van der Waals surface area contributed by atoms with Gasteiger partial charge in [0.15, 0.2) is 0 Å². The molecule has 1 aromatic carbocycles. The van der Waals surface area contributed by atoms with E-state index in [1.165, 1.54) is 0 Å². The summed E-state index contributed by atoms with van der Waals surface area (Å²) < 4.78 is 4.64. The van der Waals surface area contributed by atoms with Crippen molar-refractivity contribution in [3.8, 4) is 0 Å². The van der Waals surface area contributed by atoms with Crippen LogP contribution < -0.4 is 0 Å². The quantitative estimate of drug-likeness (QED) is 0.563. The lowest BCUT2D eigenvalue weighted by Gasteiger charge is -2.02. The second-order valence-electron chi connectivity index (χ2n) is 3.38. The Morgan fingerprint density at radius 3 is 2.33 bits per heavy atom. The molecule has 0 saturated carbocycles. The molecule has 0 aromatic heterocycles. The minimum atomic E-state index is -0.576. The highest BCUT2D eigenvalue weighted by Gasteiger charge is 2.11. The van der Waals surface area contributed by atoms with Crippen LogP contribution in [0.4, 0.5) is 0 Å². The second kappa shape index (κ2) is 5.29. The largest absolute Gasteiger partial charge is 0.389 e. The predicted molar refractivity (Wildman–Crippen MR) is 56.5 cm³/mol. The summed E-state index contributed by atoms with van der Waals surface area (Å²) in [6.07, 6.45) is 0.956. The maximum atomic E-state index is 11.4. The SMILES string of the molecule is CCCC(=O)OC(=O)c1ccc(C)cc1. The van der Waals surface area contributed by atoms with Crippen molar-refractivity contribution in [2.24, 2.45) is 0 Å². The third kappa shape index (κ3) is 3.54. The topological polar surface area (TPSA) is 43.4 Å². The Morgan fingerprint density at radius 1 is 1.20 bits per heavy atom. The number of hydrogen-bond donors (Lipinski definition) is 0. The number of carbonyl (C=O) groups excluding carboxylic acids is 2. The summed E-state index contributed by atoms with van der Waals surface area (Å²) in [6.45, 7) is 3.79. The van der Waals surface area contributed by atoms with Gasteiger partial charge in [0.2, 0.25) is 0 Å². The van der Waals surface area contributed by atoms with Crippen LogP contribution in [0.1, 0.15) is 35.7 Å². The van der Waals surface area contributed by atoms with Gasteiger partial charge in [0.05, 0.1) is 5.56 Å². The van der Waals surface area contributed by atoms with Gasteiger partial charge in [-0.1, -0.05) is 24.6 Å². The molecular formula is C12H14O3. The van der Waals surface area contributed by atoms with E-state index in [1.54, 1.807) is 24.3 Å². The van der Waals surface area contributed by atoms with E-state index in [1.807, 2.05) is 13.8 Å². The van der Waals surface area contributed by atoms with Crippen molar-refractivity contribution >= 4 is 11.9 Å². The number of aryl methyl sites for hydroxylation is 1. The maximum absolute atomic E-state index is 11.4. The zero-order valence-electron chi connectivity index (χ0n) is 8.95. The van der Waals surface area contributed by atoms with Crippen molar-refractivity contribution < 1.29 is 14.3 Å². The van der Waals surface area contributed by atoms with Crippen molar-refractivity contribution in [1.29, 1.82) is 0 Å². The van der Waals surface area contributed by atoms with Gasteiger partial charge in [0.25, 0.3) is 0 Å². The molecule has 1 aromatic rings. The lowest BCUT2D eigenvalue weighted by molar-refractivity contribution is -0.137. The minimum Gasteiger partial charge on any atom is -0.389 e. The highest BCUT2D eigenvalue weighted by atomic mass is 16.6. The summed E-state index contributed by atoms with van der Waals surface area (Å²) in [5, 5.41) is 0. The number of ether oxygens (including phenoxy) is 1. The molecule has 0 atom stereocenters. The van der Waals surface area contributed by atoms with Crippen LogP contribution in [0.5, 0.6) is 0 Å². The number of carbonyl (C=O) groups is 2. The van der Waals surface area contributed by atoms with E-state index < -0.39 is 11.9 Å². The summed E-state index contributed by atoms with van der Waals surface area (Å²) in [7, 11) is 0. The molecule has 80 valence electrons. The maximum Gasteiger partial charge on any atom is 0.345 e. The van der Waals surface area contributed by atoms with Gasteiger partial charge in [-0.15, -0.1) is 0 Å². The van der Waals surface area contributed by atoms with Gasteiger partial charge in [-0.25, -0.2) is 4.79 Å². The molecule has 0 amide bonds. The summed E-state index contributed by atoms with van der Waals surface area (Å²) in [5.74, 6) is -1.04. The molecule has 0 unspecified atom stereocenters. The Kier molecular flexibility index (Phi) is 4.03. The van der Waals surface area contributed by atoms with Crippen LogP contribution in [-0.4, -0.2) is 11.9 Å². The lowest BCUT2D eigenvalue weighted by Crippen LogP contribution is -2.11. The van der Waals surface area contributed by atoms with Crippen LogP contribution in [0.15, 0.2) is 24.3 Å². The normalized spacial score (nSPS) is 9.73. The fourth-order valence-electron chi connectivity index (χ4n) is 1.11. The zero-order valence-corrected chi connectivity index (χ0v) is 8.95. The van der Waals surface area contributed by atoms with Gasteiger partial charge in [-0.2, -0.15) is 0 Å². The molecule has 1 rings (SSSR count). The summed E-state index contributed by atoms with van der Waals surface area (Å²) in [5.41, 5.74) is 1.47. The first kappa shape index (κ1) is 11.4. The third-order valence-electron chi connectivity index (χ3n) is 1.95. The average Bonchev–Trinajstić information content (AvgIpc) is 2.18. The van der Waals surface area contributed by atoms with Gasteiger partial charge < -0.3 is 4.74 Å². The molecule has 0 radical (unpaired) electrons. The van der Waals surface area contributed by atoms with Crippen molar-refractivity contribution in [1.82, 2.24) is 0 Å². The predicted octanol–water partition coefficient (Wildman–Crippen LogP) is 2.48. The molecule has 3 nitrogen and oxygen atoms in total. The highest BCUT2D eigenvalue weighted by molar-refractivity contribution is 5.96. The standard InChI is InChI=1S/C12H14O3/c1-3-4-11(13)15-12(14)10-7-5-9(2)6-8-10/h5-8H,3-4H2,1-2H3. The van der Waals surface area contributed by atoms with Crippen molar-refractivity contribution in [2.75, 3.05) is 0 Å². The average molecular weight is 206 g/mol. The van der Waals surface area contributed by atoms with E-state index in [4.69, 9.17) is 0 Å². The van der Waals surface area contributed by atoms with Crippen LogP contribution in [-0.2, 0) is 9.53 Å². The van der Waals surface area contributed by atoms with E-state index >= 15 is 0 Å². The number of hydrogen-bond acceptors (Lipinski definition) is 3. The van der Waals surface area contributed by atoms with Crippen LogP contribution in [0.25, 0.3) is 0 Å². The van der Waals surface area contributed by atoms with Gasteiger partial charge >= 0.3 is 11.9 Å². The molecule has 15 heavy (non-hydrogen) atoms. The fourth-order valence-corrected chi connectivity index (χ4v) is 1.11. The molecule has 0 fully saturated rings. The number of esters is 2. The lowest BCUT2D eigenvalue weighted by atomic mass is 10.1. The van der Waals surface area contributed by atoms with E-state index in [9.17, 15) is 9.59 Å². The molecule has 0 heterocycles. The first-order chi connectivity index (χ1) is 7.13. The van der Waals surface area contributed by atoms with Crippen LogP contribution in [0.3, 0.4) is 0 Å². The third-order valence-corrected chi connectivity index (χ3v) is 1.95. The summed E-state index contributed by atoms with van der Waals surface area (Å²) in [6, 6.07) is 6.91. The molecule has 0 saturated heterocycles. The van der Waals surface area contributed by atoms with Gasteiger partial charge in [0.1, 0.15) is 0 Å². The van der Waals surface area contributed by atoms with Gasteiger partial charge in [-0.05, 0) is 25.5 Å². The monoisotopic (exact) mass is 206 g/mol. The van der Waals surface area contributed by atoms with Crippen molar-refractivity contribution in [2.45, 2.75) is 26.7 Å². The van der Waals surface area contributed by atoms with Gasteiger partial charge in [0, 0.05) is 6.42 Å². The molecule has 0 bridgehead atoms. The Bertz CT molecular complexity index is 352. The molecule has 0 aliphatic carbocycles. The first-order valence-electron chi connectivity index (χ1n) is 4.95. The van der Waals surface area contributed by atoms with Crippen LogP contribution in [0, 0.1) is 6.92 Å². The Hall–Kier alpha value is -1.64. The summed E-state index contributed by atoms with van der Waals surface area (Å²) in [4.78, 5) is 22.4. The van der Waals surface area contributed by atoms with Gasteiger partial charge in [-0.3, -0.25) is 4.79 Å². The molecule has 0 aliphatic rings. The minimum absolute atomic E-state index is 0.275. The van der Waals surface area contributed by atoms with Crippen LogP contribution in [0.2, 0.25) is 0 Å². The fraction of sp³-hybridized carbons (Fsp3) is 0.333. The molecular weight excluding hydrogens is 192 g/mol. The van der Waals surface area contributed by atoms with E-state index in [0.29, 0.717) is 12.0 Å².